The summed E-state index contributed by atoms with van der Waals surface area (Å²) in [5.41, 5.74) is 1.23. The molecule has 0 aliphatic carbocycles. The quantitative estimate of drug-likeness (QED) is 0.588. The number of nitro benzene ring substituents is 1. The third kappa shape index (κ3) is 2.44. The lowest BCUT2D eigenvalue weighted by molar-refractivity contribution is -0.383. The SMILES string of the molecule is Cc1ccc(F)c(Nc2ncnc3c([N+](=O)[O-])cccc23)c1. The second kappa shape index (κ2) is 5.36. The van der Waals surface area contributed by atoms with Crippen LogP contribution in [0.4, 0.5) is 21.6 Å². The van der Waals surface area contributed by atoms with Gasteiger partial charge in [0.05, 0.1) is 16.0 Å². The fourth-order valence-corrected chi connectivity index (χ4v) is 2.18. The number of aromatic nitrogens is 2. The second-order valence-corrected chi connectivity index (χ2v) is 4.76. The normalized spacial score (nSPS) is 10.6. The van der Waals surface area contributed by atoms with Crippen molar-refractivity contribution in [1.29, 1.82) is 0 Å². The van der Waals surface area contributed by atoms with Crippen LogP contribution in [0.5, 0.6) is 0 Å². The number of fused-ring (bicyclic) bond motifs is 1. The summed E-state index contributed by atoms with van der Waals surface area (Å²) >= 11 is 0. The zero-order chi connectivity index (χ0) is 15.7. The summed E-state index contributed by atoms with van der Waals surface area (Å²) in [4.78, 5) is 18.6. The summed E-state index contributed by atoms with van der Waals surface area (Å²) in [6.07, 6.45) is 1.21. The number of nitro groups is 1. The van der Waals surface area contributed by atoms with E-state index >= 15 is 0 Å². The summed E-state index contributed by atoms with van der Waals surface area (Å²) < 4.78 is 13.8. The van der Waals surface area contributed by atoms with Crippen molar-refractivity contribution in [1.82, 2.24) is 9.97 Å². The van der Waals surface area contributed by atoms with Crippen molar-refractivity contribution in [3.8, 4) is 0 Å². The Morgan fingerprint density at radius 2 is 2.05 bits per heavy atom. The van der Waals surface area contributed by atoms with Crippen molar-refractivity contribution in [2.24, 2.45) is 0 Å². The Morgan fingerprint density at radius 1 is 1.23 bits per heavy atom. The van der Waals surface area contributed by atoms with Gasteiger partial charge in [-0.05, 0) is 30.7 Å². The van der Waals surface area contributed by atoms with Gasteiger partial charge in [0, 0.05) is 6.07 Å². The van der Waals surface area contributed by atoms with E-state index in [0.29, 0.717) is 11.2 Å². The minimum Gasteiger partial charge on any atom is -0.337 e. The number of rotatable bonds is 3. The van der Waals surface area contributed by atoms with Crippen molar-refractivity contribution >= 4 is 28.1 Å². The predicted molar refractivity (Wildman–Crippen MR) is 80.6 cm³/mol. The molecular formula is C15H11FN4O2. The van der Waals surface area contributed by atoms with Gasteiger partial charge in [0.2, 0.25) is 0 Å². The molecular weight excluding hydrogens is 287 g/mol. The first-order chi connectivity index (χ1) is 10.6. The van der Waals surface area contributed by atoms with Crippen LogP contribution in [0.15, 0.2) is 42.7 Å². The number of anilines is 2. The van der Waals surface area contributed by atoms with Gasteiger partial charge in [0.25, 0.3) is 5.69 Å². The van der Waals surface area contributed by atoms with Crippen LogP contribution in [0.1, 0.15) is 5.56 Å². The third-order valence-corrected chi connectivity index (χ3v) is 3.22. The lowest BCUT2D eigenvalue weighted by atomic mass is 10.2. The van der Waals surface area contributed by atoms with Gasteiger partial charge in [-0.25, -0.2) is 14.4 Å². The van der Waals surface area contributed by atoms with Crippen LogP contribution in [0.3, 0.4) is 0 Å². The minimum absolute atomic E-state index is 0.118. The number of hydrogen-bond acceptors (Lipinski definition) is 5. The number of halogens is 1. The number of benzene rings is 2. The molecule has 0 amide bonds. The maximum Gasteiger partial charge on any atom is 0.295 e. The topological polar surface area (TPSA) is 81.0 Å². The maximum absolute atomic E-state index is 13.8. The van der Waals surface area contributed by atoms with E-state index in [4.69, 9.17) is 0 Å². The largest absolute Gasteiger partial charge is 0.337 e. The number of para-hydroxylation sites is 1. The van der Waals surface area contributed by atoms with Gasteiger partial charge in [-0.1, -0.05) is 12.1 Å². The van der Waals surface area contributed by atoms with Crippen LogP contribution < -0.4 is 5.32 Å². The molecule has 0 fully saturated rings. The Labute approximate surface area is 124 Å². The van der Waals surface area contributed by atoms with Gasteiger partial charge in [0.15, 0.2) is 5.52 Å². The maximum atomic E-state index is 13.8. The lowest BCUT2D eigenvalue weighted by Gasteiger charge is -2.09. The fraction of sp³-hybridized carbons (Fsp3) is 0.0667. The van der Waals surface area contributed by atoms with Crippen LogP contribution in [-0.4, -0.2) is 14.9 Å². The monoisotopic (exact) mass is 298 g/mol. The average molecular weight is 298 g/mol. The van der Waals surface area contributed by atoms with Crippen LogP contribution >= 0.6 is 0 Å². The highest BCUT2D eigenvalue weighted by molar-refractivity contribution is 5.95. The number of aryl methyl sites for hydroxylation is 1. The van der Waals surface area contributed by atoms with E-state index in [1.807, 2.05) is 6.92 Å². The van der Waals surface area contributed by atoms with Crippen molar-refractivity contribution in [3.63, 3.8) is 0 Å². The molecule has 0 aliphatic heterocycles. The summed E-state index contributed by atoms with van der Waals surface area (Å²) in [5.74, 6) is -0.110. The average Bonchev–Trinajstić information content (AvgIpc) is 2.50. The van der Waals surface area contributed by atoms with Crippen molar-refractivity contribution in [2.45, 2.75) is 6.92 Å². The van der Waals surface area contributed by atoms with Crippen LogP contribution in [0.2, 0.25) is 0 Å². The molecule has 0 saturated heterocycles. The number of nitrogens with one attached hydrogen (secondary N) is 1. The van der Waals surface area contributed by atoms with Crippen LogP contribution in [0, 0.1) is 22.9 Å². The van der Waals surface area contributed by atoms with Gasteiger partial charge < -0.3 is 5.32 Å². The van der Waals surface area contributed by atoms with Gasteiger partial charge in [-0.2, -0.15) is 0 Å². The van der Waals surface area contributed by atoms with Crippen LogP contribution in [0.25, 0.3) is 10.9 Å². The molecule has 0 saturated carbocycles. The Hall–Kier alpha value is -3.09. The highest BCUT2D eigenvalue weighted by Crippen LogP contribution is 2.29. The van der Waals surface area contributed by atoms with Crippen LogP contribution in [-0.2, 0) is 0 Å². The molecule has 3 rings (SSSR count). The minimum atomic E-state index is -0.508. The molecule has 22 heavy (non-hydrogen) atoms. The molecule has 7 heteroatoms. The zero-order valence-corrected chi connectivity index (χ0v) is 11.6. The standard InChI is InChI=1S/C15H11FN4O2/c1-9-5-6-11(16)12(7-9)19-15-10-3-2-4-13(20(21)22)14(10)17-8-18-15/h2-8H,1H3,(H,17,18,19). The van der Waals surface area contributed by atoms with E-state index in [2.05, 4.69) is 15.3 Å². The van der Waals surface area contributed by atoms with Crippen molar-refractivity contribution in [2.75, 3.05) is 5.32 Å². The molecule has 1 heterocycles. The van der Waals surface area contributed by atoms with Crippen molar-refractivity contribution < 1.29 is 9.31 Å². The summed E-state index contributed by atoms with van der Waals surface area (Å²) in [5, 5.41) is 14.4. The molecule has 6 nitrogen and oxygen atoms in total. The van der Waals surface area contributed by atoms with E-state index in [0.717, 1.165) is 5.56 Å². The molecule has 0 unspecified atom stereocenters. The highest BCUT2D eigenvalue weighted by atomic mass is 19.1. The Morgan fingerprint density at radius 3 is 2.82 bits per heavy atom. The molecule has 0 aliphatic rings. The van der Waals surface area contributed by atoms with Gasteiger partial charge >= 0.3 is 0 Å². The second-order valence-electron chi connectivity index (χ2n) is 4.76. The Bertz CT molecular complexity index is 883. The zero-order valence-electron chi connectivity index (χ0n) is 11.6. The molecule has 0 atom stereocenters. The molecule has 1 N–H and O–H groups in total. The molecule has 3 aromatic rings. The van der Waals surface area contributed by atoms with Gasteiger partial charge in [-0.15, -0.1) is 0 Å². The van der Waals surface area contributed by atoms with E-state index in [9.17, 15) is 14.5 Å². The molecule has 0 radical (unpaired) electrons. The highest BCUT2D eigenvalue weighted by Gasteiger charge is 2.15. The summed E-state index contributed by atoms with van der Waals surface area (Å²) in [7, 11) is 0. The number of nitrogens with zero attached hydrogens (tertiary/aromatic N) is 3. The predicted octanol–water partition coefficient (Wildman–Crippen LogP) is 3.73. The van der Waals surface area contributed by atoms with Gasteiger partial charge in [0.1, 0.15) is 18.0 Å². The first-order valence-corrected chi connectivity index (χ1v) is 6.47. The molecule has 0 bridgehead atoms. The molecule has 0 spiro atoms. The van der Waals surface area contributed by atoms with E-state index in [1.165, 1.54) is 18.5 Å². The fourth-order valence-electron chi connectivity index (χ4n) is 2.18. The van der Waals surface area contributed by atoms with Gasteiger partial charge in [-0.3, -0.25) is 10.1 Å². The van der Waals surface area contributed by atoms with E-state index in [-0.39, 0.29) is 16.9 Å². The summed E-state index contributed by atoms with van der Waals surface area (Å²) in [6.45, 7) is 1.84. The Kier molecular flexibility index (Phi) is 3.38. The summed E-state index contributed by atoms with van der Waals surface area (Å²) in [6, 6.07) is 9.21. The molecule has 1 aromatic heterocycles. The van der Waals surface area contributed by atoms with E-state index in [1.54, 1.807) is 24.3 Å². The number of non-ortho nitro benzene ring substituents is 1. The number of hydrogen-bond donors (Lipinski definition) is 1. The van der Waals surface area contributed by atoms with Crippen molar-refractivity contribution in [3.05, 3.63) is 64.2 Å². The lowest BCUT2D eigenvalue weighted by Crippen LogP contribution is -2.00. The smallest absolute Gasteiger partial charge is 0.295 e. The molecule has 2 aromatic carbocycles. The Balaban J connectivity index is 2.14. The first kappa shape index (κ1) is 13.9. The first-order valence-electron chi connectivity index (χ1n) is 6.47. The van der Waals surface area contributed by atoms with E-state index < -0.39 is 10.7 Å². The third-order valence-electron chi connectivity index (χ3n) is 3.22. The molecule has 110 valence electrons.